The molecule has 138 valence electrons. The van der Waals surface area contributed by atoms with Crippen LogP contribution in [-0.2, 0) is 0 Å². The molecular weight excluding hydrogens is 348 g/mol. The van der Waals surface area contributed by atoms with E-state index in [4.69, 9.17) is 0 Å². The van der Waals surface area contributed by atoms with Crippen molar-refractivity contribution in [3.63, 3.8) is 0 Å². The minimum atomic E-state index is -4.90. The summed E-state index contributed by atoms with van der Waals surface area (Å²) in [4.78, 5) is 2.23. The second kappa shape index (κ2) is 7.89. The summed E-state index contributed by atoms with van der Waals surface area (Å²) in [5.74, 6) is -1.79. The molecule has 1 aromatic rings. The molecule has 1 saturated heterocycles. The molecule has 0 radical (unpaired) electrons. The number of rotatable bonds is 3. The van der Waals surface area contributed by atoms with Crippen LogP contribution in [0.15, 0.2) is 18.2 Å². The van der Waals surface area contributed by atoms with Crippen molar-refractivity contribution in [2.24, 2.45) is 5.41 Å². The van der Waals surface area contributed by atoms with Gasteiger partial charge in [-0.2, -0.15) is 0 Å². The van der Waals surface area contributed by atoms with Gasteiger partial charge < -0.3 is 10.1 Å². The first-order valence-electron chi connectivity index (χ1n) is 7.58. The Kier molecular flexibility index (Phi) is 6.90. The lowest BCUT2D eigenvalue weighted by Crippen LogP contribution is -2.48. The Morgan fingerprint density at radius 1 is 1.12 bits per heavy atom. The molecule has 0 bridgehead atoms. The highest BCUT2D eigenvalue weighted by molar-refractivity contribution is 5.85. The second-order valence-corrected chi connectivity index (χ2v) is 6.79. The number of benzene rings is 1. The first kappa shape index (κ1) is 21.0. The van der Waals surface area contributed by atoms with Crippen LogP contribution in [0.25, 0.3) is 0 Å². The molecule has 1 aliphatic heterocycles. The SMILES string of the molecule is CC(C)(C)[C@@H](c1ccc(OC(F)(F)F)c(F)c1)N1CCNCC1.Cl. The normalized spacial score (nSPS) is 18.0. The van der Waals surface area contributed by atoms with Gasteiger partial charge in [-0.25, -0.2) is 4.39 Å². The Hall–Kier alpha value is -1.05. The zero-order chi connectivity index (χ0) is 17.3. The lowest BCUT2D eigenvalue weighted by atomic mass is 9.81. The van der Waals surface area contributed by atoms with Gasteiger partial charge in [0.15, 0.2) is 11.6 Å². The van der Waals surface area contributed by atoms with Crippen molar-refractivity contribution in [3.05, 3.63) is 29.6 Å². The van der Waals surface area contributed by atoms with Crippen molar-refractivity contribution in [3.8, 4) is 5.75 Å². The monoisotopic (exact) mass is 370 g/mol. The summed E-state index contributed by atoms with van der Waals surface area (Å²) in [6.07, 6.45) is -4.90. The van der Waals surface area contributed by atoms with Gasteiger partial charge >= 0.3 is 6.36 Å². The highest BCUT2D eigenvalue weighted by Gasteiger charge is 2.35. The van der Waals surface area contributed by atoms with E-state index < -0.39 is 17.9 Å². The Morgan fingerprint density at radius 3 is 2.17 bits per heavy atom. The van der Waals surface area contributed by atoms with Crippen LogP contribution in [0.2, 0.25) is 0 Å². The third kappa shape index (κ3) is 5.50. The minimum absolute atomic E-state index is 0. The lowest BCUT2D eigenvalue weighted by molar-refractivity contribution is -0.275. The number of nitrogens with zero attached hydrogens (tertiary/aromatic N) is 1. The number of hydrogen-bond acceptors (Lipinski definition) is 3. The summed E-state index contributed by atoms with van der Waals surface area (Å²) < 4.78 is 54.5. The van der Waals surface area contributed by atoms with E-state index in [0.717, 1.165) is 38.3 Å². The first-order chi connectivity index (χ1) is 10.6. The zero-order valence-corrected chi connectivity index (χ0v) is 14.7. The number of hydrogen-bond donors (Lipinski definition) is 1. The zero-order valence-electron chi connectivity index (χ0n) is 13.9. The third-order valence-corrected chi connectivity index (χ3v) is 3.83. The van der Waals surface area contributed by atoms with Crippen LogP contribution in [0.1, 0.15) is 32.4 Å². The lowest BCUT2D eigenvalue weighted by Gasteiger charge is -2.42. The molecule has 0 amide bonds. The summed E-state index contributed by atoms with van der Waals surface area (Å²) >= 11 is 0. The molecule has 8 heteroatoms. The molecule has 0 spiro atoms. The molecule has 2 rings (SSSR count). The first-order valence-corrected chi connectivity index (χ1v) is 7.58. The van der Waals surface area contributed by atoms with Gasteiger partial charge in [-0.05, 0) is 23.1 Å². The summed E-state index contributed by atoms with van der Waals surface area (Å²) in [6, 6.07) is 3.64. The van der Waals surface area contributed by atoms with E-state index in [2.05, 4.69) is 15.0 Å². The second-order valence-electron chi connectivity index (χ2n) is 6.79. The van der Waals surface area contributed by atoms with Gasteiger partial charge in [0.25, 0.3) is 0 Å². The predicted molar refractivity (Wildman–Crippen MR) is 87.0 cm³/mol. The Labute approximate surface area is 145 Å². The van der Waals surface area contributed by atoms with Crippen LogP contribution < -0.4 is 10.1 Å². The van der Waals surface area contributed by atoms with Crippen molar-refractivity contribution < 1.29 is 22.3 Å². The van der Waals surface area contributed by atoms with Crippen LogP contribution in [0.4, 0.5) is 17.6 Å². The number of alkyl halides is 3. The van der Waals surface area contributed by atoms with Gasteiger partial charge in [0, 0.05) is 32.2 Å². The van der Waals surface area contributed by atoms with E-state index in [1.165, 1.54) is 6.07 Å². The topological polar surface area (TPSA) is 24.5 Å². The van der Waals surface area contributed by atoms with Crippen molar-refractivity contribution in [1.82, 2.24) is 10.2 Å². The number of nitrogens with one attached hydrogen (secondary N) is 1. The molecule has 1 aliphatic rings. The van der Waals surface area contributed by atoms with Gasteiger partial charge in [-0.3, -0.25) is 4.90 Å². The van der Waals surface area contributed by atoms with Crippen LogP contribution in [0, 0.1) is 11.2 Å². The molecule has 0 aliphatic carbocycles. The molecule has 1 heterocycles. The number of halogens is 5. The fraction of sp³-hybridized carbons (Fsp3) is 0.625. The molecule has 0 saturated carbocycles. The van der Waals surface area contributed by atoms with Crippen molar-refractivity contribution >= 4 is 12.4 Å². The maximum absolute atomic E-state index is 14.0. The average Bonchev–Trinajstić information content (AvgIpc) is 2.40. The molecule has 24 heavy (non-hydrogen) atoms. The van der Waals surface area contributed by atoms with Gasteiger partial charge in [0.05, 0.1) is 0 Å². The highest BCUT2D eigenvalue weighted by atomic mass is 35.5. The predicted octanol–water partition coefficient (Wildman–Crippen LogP) is 4.14. The highest BCUT2D eigenvalue weighted by Crippen LogP contribution is 2.39. The molecule has 1 aromatic carbocycles. The van der Waals surface area contributed by atoms with Gasteiger partial charge in [-0.15, -0.1) is 25.6 Å². The van der Waals surface area contributed by atoms with Gasteiger partial charge in [-0.1, -0.05) is 26.8 Å². The molecular formula is C16H23ClF4N2O. The standard InChI is InChI=1S/C16H22F4N2O.ClH/c1-15(2,3)14(22-8-6-21-7-9-22)11-4-5-13(12(17)10-11)23-16(18,19)20;/h4-5,10,14,21H,6-9H2,1-3H3;1H/t14-;/m1./s1. The quantitative estimate of drug-likeness (QED) is 0.809. The largest absolute Gasteiger partial charge is 0.573 e. The van der Waals surface area contributed by atoms with E-state index in [1.807, 2.05) is 20.8 Å². The van der Waals surface area contributed by atoms with Gasteiger partial charge in [0.2, 0.25) is 0 Å². The van der Waals surface area contributed by atoms with Crippen molar-refractivity contribution in [2.75, 3.05) is 26.2 Å². The van der Waals surface area contributed by atoms with E-state index >= 15 is 0 Å². The van der Waals surface area contributed by atoms with Crippen molar-refractivity contribution in [2.45, 2.75) is 33.2 Å². The van der Waals surface area contributed by atoms with E-state index in [-0.39, 0.29) is 23.9 Å². The molecule has 1 fully saturated rings. The van der Waals surface area contributed by atoms with E-state index in [1.54, 1.807) is 0 Å². The van der Waals surface area contributed by atoms with Crippen molar-refractivity contribution in [1.29, 1.82) is 0 Å². The molecule has 1 N–H and O–H groups in total. The van der Waals surface area contributed by atoms with Crippen LogP contribution in [0.3, 0.4) is 0 Å². The summed E-state index contributed by atoms with van der Waals surface area (Å²) in [7, 11) is 0. The fourth-order valence-electron chi connectivity index (χ4n) is 3.09. The molecule has 1 atom stereocenters. The van der Waals surface area contributed by atoms with Gasteiger partial charge in [0.1, 0.15) is 0 Å². The molecule has 0 unspecified atom stereocenters. The van der Waals surface area contributed by atoms with E-state index in [0.29, 0.717) is 5.56 Å². The summed E-state index contributed by atoms with van der Waals surface area (Å²) in [5.41, 5.74) is 0.474. The number of piperazine rings is 1. The Morgan fingerprint density at radius 2 is 1.71 bits per heavy atom. The fourth-order valence-corrected chi connectivity index (χ4v) is 3.09. The number of ether oxygens (including phenoxy) is 1. The van der Waals surface area contributed by atoms with E-state index in [9.17, 15) is 17.6 Å². The van der Waals surface area contributed by atoms with Crippen LogP contribution in [0.5, 0.6) is 5.75 Å². The third-order valence-electron chi connectivity index (χ3n) is 3.83. The Bertz CT molecular complexity index is 540. The smallest absolute Gasteiger partial charge is 0.403 e. The Balaban J connectivity index is 0.00000288. The molecule has 3 nitrogen and oxygen atoms in total. The minimum Gasteiger partial charge on any atom is -0.403 e. The van der Waals surface area contributed by atoms with Crippen LogP contribution in [-0.4, -0.2) is 37.4 Å². The molecule has 0 aromatic heterocycles. The maximum atomic E-state index is 14.0. The average molecular weight is 371 g/mol. The summed E-state index contributed by atoms with van der Waals surface area (Å²) in [6.45, 7) is 9.41. The van der Waals surface area contributed by atoms with Crippen LogP contribution >= 0.6 is 12.4 Å². The summed E-state index contributed by atoms with van der Waals surface area (Å²) in [5, 5.41) is 3.26. The maximum Gasteiger partial charge on any atom is 0.573 e.